The summed E-state index contributed by atoms with van der Waals surface area (Å²) in [4.78, 5) is 11.9. The lowest BCUT2D eigenvalue weighted by atomic mass is 10.1. The third kappa shape index (κ3) is 5.43. The Kier molecular flexibility index (Phi) is 5.55. The molecule has 0 aliphatic heterocycles. The molecule has 0 unspecified atom stereocenters. The van der Waals surface area contributed by atoms with Crippen LogP contribution in [0.2, 0.25) is 5.02 Å². The third-order valence-corrected chi connectivity index (χ3v) is 3.37. The number of nitrogens with one attached hydrogen (secondary N) is 2. The van der Waals surface area contributed by atoms with E-state index in [2.05, 4.69) is 10.7 Å². The number of amides is 1. The van der Waals surface area contributed by atoms with Crippen molar-refractivity contribution in [2.24, 2.45) is 11.0 Å². The molecule has 0 aliphatic carbocycles. The quantitative estimate of drug-likeness (QED) is 0.335. The zero-order valence-electron chi connectivity index (χ0n) is 10.0. The fourth-order valence-corrected chi connectivity index (χ4v) is 2.12. The first-order chi connectivity index (χ1) is 8.83. The summed E-state index contributed by atoms with van der Waals surface area (Å²) in [5, 5.41) is 7.80. The molecule has 0 aromatic heterocycles. The Labute approximate surface area is 116 Å². The van der Waals surface area contributed by atoms with Gasteiger partial charge in [-0.1, -0.05) is 11.6 Å². The third-order valence-electron chi connectivity index (χ3n) is 2.27. The topological polar surface area (TPSA) is 127 Å². The average molecular weight is 307 g/mol. The summed E-state index contributed by atoms with van der Waals surface area (Å²) in [7, 11) is -3.51. The highest BCUT2D eigenvalue weighted by Gasteiger charge is 2.11. The van der Waals surface area contributed by atoms with Gasteiger partial charge in [-0.2, -0.15) is 0 Å². The van der Waals surface area contributed by atoms with Crippen LogP contribution in [0.1, 0.15) is 16.8 Å². The Bertz CT molecular complexity index is 562. The number of anilines is 1. The minimum absolute atomic E-state index is 0.186. The lowest BCUT2D eigenvalue weighted by Gasteiger charge is -2.09. The maximum absolute atomic E-state index is 11.9. The van der Waals surface area contributed by atoms with E-state index < -0.39 is 15.9 Å². The average Bonchev–Trinajstić information content (AvgIpc) is 2.33. The van der Waals surface area contributed by atoms with Gasteiger partial charge in [0.05, 0.1) is 17.0 Å². The predicted molar refractivity (Wildman–Crippen MR) is 74.2 cm³/mol. The van der Waals surface area contributed by atoms with Crippen molar-refractivity contribution < 1.29 is 13.2 Å². The van der Waals surface area contributed by atoms with E-state index >= 15 is 0 Å². The van der Waals surface area contributed by atoms with Crippen molar-refractivity contribution in [2.75, 3.05) is 17.7 Å². The van der Waals surface area contributed by atoms with Crippen molar-refractivity contribution in [3.05, 3.63) is 28.8 Å². The number of nitrogen functional groups attached to an aromatic ring is 1. The number of carbonyl (C=O) groups excluding carboxylic acids is 1. The van der Waals surface area contributed by atoms with E-state index in [-0.39, 0.29) is 24.3 Å². The van der Waals surface area contributed by atoms with Gasteiger partial charge in [-0.3, -0.25) is 10.6 Å². The molecule has 0 fully saturated rings. The van der Waals surface area contributed by atoms with Crippen molar-refractivity contribution in [1.82, 2.24) is 5.32 Å². The van der Waals surface area contributed by atoms with Crippen molar-refractivity contribution >= 4 is 33.2 Å². The number of nitrogens with two attached hydrogens (primary N) is 2. The number of sulfonamides is 1. The van der Waals surface area contributed by atoms with Gasteiger partial charge in [0.2, 0.25) is 10.0 Å². The number of hydrazine groups is 1. The Hall–Kier alpha value is -1.35. The molecule has 106 valence electrons. The fourth-order valence-electron chi connectivity index (χ4n) is 1.40. The van der Waals surface area contributed by atoms with Crippen LogP contribution in [-0.4, -0.2) is 26.6 Å². The molecule has 0 radical (unpaired) electrons. The normalized spacial score (nSPS) is 11.1. The molecule has 7 nitrogen and oxygen atoms in total. The molecular formula is C10H15ClN4O3S. The monoisotopic (exact) mass is 306 g/mol. The van der Waals surface area contributed by atoms with Crippen molar-refractivity contribution in [3.8, 4) is 0 Å². The lowest BCUT2D eigenvalue weighted by Crippen LogP contribution is -2.28. The molecular weight excluding hydrogens is 292 g/mol. The molecule has 0 saturated carbocycles. The lowest BCUT2D eigenvalue weighted by molar-refractivity contribution is 0.0954. The van der Waals surface area contributed by atoms with Gasteiger partial charge in [-0.15, -0.1) is 0 Å². The van der Waals surface area contributed by atoms with Gasteiger partial charge >= 0.3 is 0 Å². The second kappa shape index (κ2) is 6.71. The summed E-state index contributed by atoms with van der Waals surface area (Å²) >= 11 is 5.79. The van der Waals surface area contributed by atoms with Crippen molar-refractivity contribution in [1.29, 1.82) is 0 Å². The highest BCUT2D eigenvalue weighted by Crippen LogP contribution is 2.19. The SMILES string of the molecule is NNc1ccc(Cl)cc1C(=O)NCCCS(N)(=O)=O. The van der Waals surface area contributed by atoms with Crippen molar-refractivity contribution in [2.45, 2.75) is 6.42 Å². The zero-order valence-corrected chi connectivity index (χ0v) is 11.6. The van der Waals surface area contributed by atoms with Gasteiger partial charge in [0.15, 0.2) is 0 Å². The van der Waals surface area contributed by atoms with Gasteiger partial charge in [0.1, 0.15) is 0 Å². The summed E-state index contributed by atoms with van der Waals surface area (Å²) in [6.07, 6.45) is 0.233. The van der Waals surface area contributed by atoms with Crippen LogP contribution in [-0.2, 0) is 10.0 Å². The number of hydrogen-bond acceptors (Lipinski definition) is 5. The van der Waals surface area contributed by atoms with E-state index in [1.807, 2.05) is 0 Å². The molecule has 0 heterocycles. The molecule has 1 rings (SSSR count). The van der Waals surface area contributed by atoms with E-state index in [1.54, 1.807) is 12.1 Å². The maximum atomic E-state index is 11.9. The van der Waals surface area contributed by atoms with Crippen LogP contribution in [0.25, 0.3) is 0 Å². The smallest absolute Gasteiger partial charge is 0.253 e. The molecule has 6 N–H and O–H groups in total. The summed E-state index contributed by atoms with van der Waals surface area (Å²) in [5.41, 5.74) is 3.09. The van der Waals surface area contributed by atoms with Crippen LogP contribution in [0, 0.1) is 0 Å². The van der Waals surface area contributed by atoms with E-state index in [0.29, 0.717) is 10.7 Å². The molecule has 1 aromatic carbocycles. The van der Waals surface area contributed by atoms with Gasteiger partial charge in [-0.25, -0.2) is 13.6 Å². The van der Waals surface area contributed by atoms with Crippen LogP contribution in [0.5, 0.6) is 0 Å². The molecule has 0 spiro atoms. The van der Waals surface area contributed by atoms with Crippen LogP contribution in [0.4, 0.5) is 5.69 Å². The standard InChI is InChI=1S/C10H15ClN4O3S/c11-7-2-3-9(15-12)8(6-7)10(16)14-4-1-5-19(13,17)18/h2-3,6,15H,1,4-5,12H2,(H,14,16)(H2,13,17,18). The Morgan fingerprint density at radius 2 is 2.05 bits per heavy atom. The van der Waals surface area contributed by atoms with E-state index in [9.17, 15) is 13.2 Å². The molecule has 1 aromatic rings. The van der Waals surface area contributed by atoms with Crippen LogP contribution in [0.15, 0.2) is 18.2 Å². The Morgan fingerprint density at radius 3 is 2.63 bits per heavy atom. The molecule has 19 heavy (non-hydrogen) atoms. The summed E-state index contributed by atoms with van der Waals surface area (Å²) < 4.78 is 21.4. The zero-order chi connectivity index (χ0) is 14.5. The molecule has 9 heteroatoms. The summed E-state index contributed by atoms with van der Waals surface area (Å²) in [6.45, 7) is 0.186. The molecule has 0 bridgehead atoms. The molecule has 0 saturated heterocycles. The van der Waals surface area contributed by atoms with Crippen LogP contribution in [0.3, 0.4) is 0 Å². The second-order valence-electron chi connectivity index (χ2n) is 3.81. The molecule has 0 atom stereocenters. The minimum atomic E-state index is -3.51. The van der Waals surface area contributed by atoms with Crippen LogP contribution >= 0.6 is 11.6 Å². The fraction of sp³-hybridized carbons (Fsp3) is 0.300. The number of hydrogen-bond donors (Lipinski definition) is 4. The second-order valence-corrected chi connectivity index (χ2v) is 5.98. The predicted octanol–water partition coefficient (Wildman–Crippen LogP) is 0.0340. The Balaban J connectivity index is 2.61. The number of carbonyl (C=O) groups is 1. The van der Waals surface area contributed by atoms with E-state index in [1.165, 1.54) is 6.07 Å². The van der Waals surface area contributed by atoms with E-state index in [4.69, 9.17) is 22.6 Å². The maximum Gasteiger partial charge on any atom is 0.253 e. The summed E-state index contributed by atoms with van der Waals surface area (Å²) in [5.74, 6) is 4.69. The first-order valence-corrected chi connectivity index (χ1v) is 7.47. The van der Waals surface area contributed by atoms with Gasteiger partial charge in [0.25, 0.3) is 5.91 Å². The highest BCUT2D eigenvalue weighted by atomic mass is 35.5. The first kappa shape index (κ1) is 15.7. The number of rotatable bonds is 6. The van der Waals surface area contributed by atoms with Crippen molar-refractivity contribution in [3.63, 3.8) is 0 Å². The Morgan fingerprint density at radius 1 is 1.37 bits per heavy atom. The molecule has 0 aliphatic rings. The number of primary sulfonamides is 1. The molecule has 1 amide bonds. The minimum Gasteiger partial charge on any atom is -0.352 e. The van der Waals surface area contributed by atoms with E-state index in [0.717, 1.165) is 0 Å². The number of benzene rings is 1. The summed E-state index contributed by atoms with van der Waals surface area (Å²) in [6, 6.07) is 4.63. The largest absolute Gasteiger partial charge is 0.352 e. The van der Waals surface area contributed by atoms with Gasteiger partial charge in [-0.05, 0) is 24.6 Å². The van der Waals surface area contributed by atoms with Gasteiger partial charge < -0.3 is 10.7 Å². The highest BCUT2D eigenvalue weighted by molar-refractivity contribution is 7.89. The first-order valence-electron chi connectivity index (χ1n) is 5.38. The van der Waals surface area contributed by atoms with Crippen LogP contribution < -0.4 is 21.7 Å². The van der Waals surface area contributed by atoms with Gasteiger partial charge in [0, 0.05) is 11.6 Å². The number of halogens is 1.